The standard InChI is InChI=1S/C21H27N3O3/c1-21(2)13-16(15-6-4-5-7-18(15)27-21)20(25)23-14-9-11-26-19(12-14)17-8-10-22-24(17)3/h4-8,10,14,16,19H,9,11-13H2,1-3H3,(H,23,25). The number of rotatable bonds is 3. The minimum absolute atomic E-state index is 0.0324. The molecule has 1 saturated heterocycles. The topological polar surface area (TPSA) is 65.4 Å². The fraction of sp³-hybridized carbons (Fsp3) is 0.524. The molecule has 1 amide bonds. The van der Waals surface area contributed by atoms with Crippen molar-refractivity contribution < 1.29 is 14.3 Å². The van der Waals surface area contributed by atoms with Gasteiger partial charge in [-0.05, 0) is 38.8 Å². The molecule has 144 valence electrons. The molecule has 2 aliphatic rings. The lowest BCUT2D eigenvalue weighted by Crippen LogP contribution is -2.45. The van der Waals surface area contributed by atoms with Crippen molar-refractivity contribution in [1.82, 2.24) is 15.1 Å². The number of carbonyl (C=O) groups excluding carboxylic acids is 1. The summed E-state index contributed by atoms with van der Waals surface area (Å²) in [4.78, 5) is 13.2. The molecule has 1 fully saturated rings. The monoisotopic (exact) mass is 369 g/mol. The SMILES string of the molecule is Cn1nccc1C1CC(NC(=O)C2CC(C)(C)Oc3ccccc32)CCO1. The number of hydrogen-bond acceptors (Lipinski definition) is 4. The Balaban J connectivity index is 1.48. The maximum absolute atomic E-state index is 13.2. The van der Waals surface area contributed by atoms with Crippen molar-refractivity contribution >= 4 is 5.91 Å². The van der Waals surface area contributed by atoms with Crippen LogP contribution < -0.4 is 10.1 Å². The summed E-state index contributed by atoms with van der Waals surface area (Å²) < 4.78 is 13.8. The van der Waals surface area contributed by atoms with E-state index in [0.29, 0.717) is 13.0 Å². The van der Waals surface area contributed by atoms with Gasteiger partial charge in [0.1, 0.15) is 17.5 Å². The molecule has 1 N–H and O–H groups in total. The number of amides is 1. The number of nitrogens with zero attached hydrogens (tertiary/aromatic N) is 2. The van der Waals surface area contributed by atoms with Crippen LogP contribution in [0.4, 0.5) is 0 Å². The summed E-state index contributed by atoms with van der Waals surface area (Å²) in [6.07, 6.45) is 4.01. The summed E-state index contributed by atoms with van der Waals surface area (Å²) >= 11 is 0. The van der Waals surface area contributed by atoms with Crippen LogP contribution in [-0.2, 0) is 16.6 Å². The third kappa shape index (κ3) is 3.72. The lowest BCUT2D eigenvalue weighted by molar-refractivity contribution is -0.126. The van der Waals surface area contributed by atoms with Crippen molar-refractivity contribution in [2.24, 2.45) is 7.05 Å². The summed E-state index contributed by atoms with van der Waals surface area (Å²) in [5, 5.41) is 7.50. The van der Waals surface area contributed by atoms with Gasteiger partial charge in [-0.2, -0.15) is 5.10 Å². The molecule has 1 aromatic heterocycles. The molecule has 6 heteroatoms. The number of hydrogen-bond donors (Lipinski definition) is 1. The second-order valence-electron chi connectivity index (χ2n) is 8.13. The van der Waals surface area contributed by atoms with Gasteiger partial charge < -0.3 is 14.8 Å². The van der Waals surface area contributed by atoms with E-state index in [-0.39, 0.29) is 29.6 Å². The van der Waals surface area contributed by atoms with E-state index in [1.807, 2.05) is 55.9 Å². The first-order valence-electron chi connectivity index (χ1n) is 9.61. The summed E-state index contributed by atoms with van der Waals surface area (Å²) in [6.45, 7) is 4.71. The molecule has 3 atom stereocenters. The predicted octanol–water partition coefficient (Wildman–Crippen LogP) is 3.10. The molecule has 27 heavy (non-hydrogen) atoms. The maximum Gasteiger partial charge on any atom is 0.228 e. The van der Waals surface area contributed by atoms with E-state index in [1.54, 1.807) is 6.20 Å². The Kier molecular flexibility index (Phi) is 4.68. The molecular weight excluding hydrogens is 342 g/mol. The van der Waals surface area contributed by atoms with Crippen molar-refractivity contribution in [2.75, 3.05) is 6.61 Å². The number of carbonyl (C=O) groups is 1. The molecule has 3 unspecified atom stereocenters. The van der Waals surface area contributed by atoms with Crippen LogP contribution in [0.5, 0.6) is 5.75 Å². The molecule has 0 saturated carbocycles. The number of nitrogens with one attached hydrogen (secondary N) is 1. The lowest BCUT2D eigenvalue weighted by atomic mass is 9.83. The van der Waals surface area contributed by atoms with Gasteiger partial charge >= 0.3 is 0 Å². The summed E-state index contributed by atoms with van der Waals surface area (Å²) in [6, 6.07) is 9.94. The van der Waals surface area contributed by atoms with Gasteiger partial charge in [0, 0.05) is 37.9 Å². The smallest absolute Gasteiger partial charge is 0.228 e. The molecule has 4 rings (SSSR count). The average molecular weight is 369 g/mol. The Morgan fingerprint density at radius 3 is 2.89 bits per heavy atom. The first-order chi connectivity index (χ1) is 12.9. The first kappa shape index (κ1) is 18.0. The quantitative estimate of drug-likeness (QED) is 0.903. The van der Waals surface area contributed by atoms with Crippen LogP contribution in [0.1, 0.15) is 56.4 Å². The zero-order valence-electron chi connectivity index (χ0n) is 16.1. The Labute approximate surface area is 159 Å². The van der Waals surface area contributed by atoms with Gasteiger partial charge in [0.15, 0.2) is 0 Å². The third-order valence-corrected chi connectivity index (χ3v) is 5.51. The molecular formula is C21H27N3O3. The second kappa shape index (κ2) is 7.00. The number of benzene rings is 1. The van der Waals surface area contributed by atoms with Crippen LogP contribution in [0.15, 0.2) is 36.5 Å². The summed E-state index contributed by atoms with van der Waals surface area (Å²) in [5.74, 6) is 0.700. The number of fused-ring (bicyclic) bond motifs is 1. The Hall–Kier alpha value is -2.34. The second-order valence-corrected chi connectivity index (χ2v) is 8.13. The van der Waals surface area contributed by atoms with Gasteiger partial charge in [0.25, 0.3) is 0 Å². The molecule has 0 aliphatic carbocycles. The van der Waals surface area contributed by atoms with Crippen molar-refractivity contribution in [1.29, 1.82) is 0 Å². The van der Waals surface area contributed by atoms with Crippen LogP contribution >= 0.6 is 0 Å². The highest BCUT2D eigenvalue weighted by molar-refractivity contribution is 5.85. The lowest BCUT2D eigenvalue weighted by Gasteiger charge is -2.38. The van der Waals surface area contributed by atoms with E-state index in [1.165, 1.54) is 0 Å². The largest absolute Gasteiger partial charge is 0.488 e. The van der Waals surface area contributed by atoms with Gasteiger partial charge in [-0.25, -0.2) is 0 Å². The highest BCUT2D eigenvalue weighted by Gasteiger charge is 2.38. The van der Waals surface area contributed by atoms with Gasteiger partial charge in [0.2, 0.25) is 5.91 Å². The molecule has 0 radical (unpaired) electrons. The minimum atomic E-state index is -0.358. The zero-order chi connectivity index (χ0) is 19.0. The highest BCUT2D eigenvalue weighted by atomic mass is 16.5. The molecule has 0 spiro atoms. The van der Waals surface area contributed by atoms with E-state index in [0.717, 1.165) is 29.8 Å². The van der Waals surface area contributed by atoms with Crippen LogP contribution in [0.2, 0.25) is 0 Å². The van der Waals surface area contributed by atoms with Crippen LogP contribution in [-0.4, -0.2) is 33.9 Å². The molecule has 2 aromatic rings. The third-order valence-electron chi connectivity index (χ3n) is 5.51. The molecule has 0 bridgehead atoms. The Morgan fingerprint density at radius 1 is 1.30 bits per heavy atom. The number of para-hydroxylation sites is 1. The van der Waals surface area contributed by atoms with Crippen molar-refractivity contribution in [3.8, 4) is 5.75 Å². The summed E-state index contributed by atoms with van der Waals surface area (Å²) in [5.41, 5.74) is 1.67. The Morgan fingerprint density at radius 2 is 2.11 bits per heavy atom. The fourth-order valence-electron chi connectivity index (χ4n) is 4.17. The van der Waals surface area contributed by atoms with E-state index in [2.05, 4.69) is 10.4 Å². The van der Waals surface area contributed by atoms with Gasteiger partial charge in [0.05, 0.1) is 11.6 Å². The van der Waals surface area contributed by atoms with Crippen molar-refractivity contribution in [3.05, 3.63) is 47.8 Å². The van der Waals surface area contributed by atoms with Crippen LogP contribution in [0.3, 0.4) is 0 Å². The predicted molar refractivity (Wildman–Crippen MR) is 102 cm³/mol. The number of ether oxygens (including phenoxy) is 2. The maximum atomic E-state index is 13.2. The normalized spacial score (nSPS) is 26.7. The van der Waals surface area contributed by atoms with Crippen LogP contribution in [0, 0.1) is 0 Å². The molecule has 3 heterocycles. The molecule has 6 nitrogen and oxygen atoms in total. The van der Waals surface area contributed by atoms with Gasteiger partial charge in [-0.3, -0.25) is 9.48 Å². The van der Waals surface area contributed by atoms with Gasteiger partial charge in [-0.1, -0.05) is 18.2 Å². The summed E-state index contributed by atoms with van der Waals surface area (Å²) in [7, 11) is 1.92. The number of aryl methyl sites for hydroxylation is 1. The van der Waals surface area contributed by atoms with Gasteiger partial charge in [-0.15, -0.1) is 0 Å². The zero-order valence-corrected chi connectivity index (χ0v) is 16.1. The Bertz CT molecular complexity index is 830. The molecule has 2 aliphatic heterocycles. The van der Waals surface area contributed by atoms with E-state index < -0.39 is 0 Å². The minimum Gasteiger partial charge on any atom is -0.488 e. The van der Waals surface area contributed by atoms with Crippen molar-refractivity contribution in [2.45, 2.75) is 56.8 Å². The first-order valence-corrected chi connectivity index (χ1v) is 9.61. The molecule has 1 aromatic carbocycles. The number of aromatic nitrogens is 2. The van der Waals surface area contributed by atoms with Crippen molar-refractivity contribution in [3.63, 3.8) is 0 Å². The van der Waals surface area contributed by atoms with Crippen LogP contribution in [0.25, 0.3) is 0 Å². The van der Waals surface area contributed by atoms with E-state index in [9.17, 15) is 4.79 Å². The highest BCUT2D eigenvalue weighted by Crippen LogP contribution is 2.41. The average Bonchev–Trinajstić information content (AvgIpc) is 3.06. The van der Waals surface area contributed by atoms with E-state index in [4.69, 9.17) is 9.47 Å². The fourth-order valence-corrected chi connectivity index (χ4v) is 4.17. The van der Waals surface area contributed by atoms with E-state index >= 15 is 0 Å².